The predicted octanol–water partition coefficient (Wildman–Crippen LogP) is 6.58. The predicted molar refractivity (Wildman–Crippen MR) is 136 cm³/mol. The van der Waals surface area contributed by atoms with E-state index < -0.39 is 11.7 Å². The van der Waals surface area contributed by atoms with Crippen LogP contribution in [0.15, 0.2) is 24.5 Å². The molecule has 2 aromatic rings. The van der Waals surface area contributed by atoms with Gasteiger partial charge in [0.25, 0.3) is 0 Å². The Morgan fingerprint density at radius 1 is 0.941 bits per heavy atom. The largest absolute Gasteiger partial charge is 0.444 e. The number of ether oxygens (including phenoxy) is 1. The topological polar surface area (TPSA) is 64.1 Å². The van der Waals surface area contributed by atoms with Crippen molar-refractivity contribution in [3.8, 4) is 0 Å². The molecule has 0 saturated carbocycles. The molecule has 2 heterocycles. The standard InChI is InChI=1S/C29H41N3O2/c1-5-6-7-8-9-10-11-21-16-23-12-14-29(25(23)30-18-21)15-13-24-17-22(19-31-26(24)29)20-32-27(33)34-28(2,3)4/h16-19H,5-15,20H2,1-4H3,(H,32,33)/t29-/m1/s1. The van der Waals surface area contributed by atoms with Crippen LogP contribution in [0.3, 0.4) is 0 Å². The van der Waals surface area contributed by atoms with Crippen LogP contribution in [-0.4, -0.2) is 21.7 Å². The second kappa shape index (κ2) is 10.5. The van der Waals surface area contributed by atoms with Gasteiger partial charge in [-0.1, -0.05) is 51.2 Å². The van der Waals surface area contributed by atoms with Gasteiger partial charge in [0, 0.05) is 18.9 Å². The molecule has 0 aliphatic heterocycles. The van der Waals surface area contributed by atoms with Crippen molar-refractivity contribution < 1.29 is 9.53 Å². The summed E-state index contributed by atoms with van der Waals surface area (Å²) in [4.78, 5) is 21.9. The number of nitrogens with one attached hydrogen (secondary N) is 1. The van der Waals surface area contributed by atoms with Crippen molar-refractivity contribution in [2.45, 2.75) is 116 Å². The molecule has 1 atom stereocenters. The van der Waals surface area contributed by atoms with E-state index in [1.54, 1.807) is 0 Å². The number of aromatic nitrogens is 2. The molecule has 1 N–H and O–H groups in total. The van der Waals surface area contributed by atoms with E-state index in [1.165, 1.54) is 66.6 Å². The van der Waals surface area contributed by atoms with E-state index in [0.29, 0.717) is 6.54 Å². The highest BCUT2D eigenvalue weighted by Gasteiger charge is 2.47. The van der Waals surface area contributed by atoms with Crippen LogP contribution in [0.25, 0.3) is 0 Å². The molecule has 2 aliphatic carbocycles. The van der Waals surface area contributed by atoms with Gasteiger partial charge in [-0.15, -0.1) is 0 Å². The number of pyridine rings is 2. The van der Waals surface area contributed by atoms with Gasteiger partial charge in [-0.3, -0.25) is 9.97 Å². The van der Waals surface area contributed by atoms with Crippen molar-refractivity contribution in [3.05, 3.63) is 58.2 Å². The Labute approximate surface area is 205 Å². The van der Waals surface area contributed by atoms with Gasteiger partial charge in [-0.2, -0.15) is 0 Å². The van der Waals surface area contributed by atoms with Crippen molar-refractivity contribution in [2.75, 3.05) is 0 Å². The maximum Gasteiger partial charge on any atom is 0.407 e. The summed E-state index contributed by atoms with van der Waals surface area (Å²) < 4.78 is 5.34. The summed E-state index contributed by atoms with van der Waals surface area (Å²) in [6, 6.07) is 4.62. The highest BCUT2D eigenvalue weighted by Crippen LogP contribution is 2.50. The van der Waals surface area contributed by atoms with E-state index in [4.69, 9.17) is 14.7 Å². The van der Waals surface area contributed by atoms with Crippen LogP contribution in [0, 0.1) is 0 Å². The molecule has 0 aromatic carbocycles. The molecule has 0 unspecified atom stereocenters. The monoisotopic (exact) mass is 463 g/mol. The lowest BCUT2D eigenvalue weighted by molar-refractivity contribution is 0.0523. The van der Waals surface area contributed by atoms with Gasteiger partial charge >= 0.3 is 6.09 Å². The minimum atomic E-state index is -0.496. The first-order valence-corrected chi connectivity index (χ1v) is 13.2. The van der Waals surface area contributed by atoms with Crippen LogP contribution in [-0.2, 0) is 36.0 Å². The van der Waals surface area contributed by atoms with Crippen LogP contribution in [0.5, 0.6) is 0 Å². The van der Waals surface area contributed by atoms with Crippen LogP contribution in [0.1, 0.15) is 113 Å². The Morgan fingerprint density at radius 2 is 1.53 bits per heavy atom. The Balaban J connectivity index is 1.39. The molecular formula is C29H41N3O2. The zero-order chi connectivity index (χ0) is 24.2. The third-order valence-corrected chi connectivity index (χ3v) is 7.25. The lowest BCUT2D eigenvalue weighted by Gasteiger charge is -2.24. The Hall–Kier alpha value is -2.43. The van der Waals surface area contributed by atoms with Gasteiger partial charge in [0.1, 0.15) is 5.60 Å². The van der Waals surface area contributed by atoms with Gasteiger partial charge in [0.2, 0.25) is 0 Å². The Bertz CT molecular complexity index is 1010. The average Bonchev–Trinajstić information content (AvgIpc) is 3.35. The van der Waals surface area contributed by atoms with Crippen molar-refractivity contribution in [1.29, 1.82) is 0 Å². The number of unbranched alkanes of at least 4 members (excludes halogenated alkanes) is 5. The van der Waals surface area contributed by atoms with E-state index in [9.17, 15) is 4.79 Å². The molecular weight excluding hydrogens is 422 g/mol. The fourth-order valence-electron chi connectivity index (χ4n) is 5.60. The summed E-state index contributed by atoms with van der Waals surface area (Å²) in [5, 5.41) is 2.85. The molecule has 0 fully saturated rings. The third kappa shape index (κ3) is 5.61. The van der Waals surface area contributed by atoms with Gasteiger partial charge in [-0.25, -0.2) is 4.79 Å². The number of carbonyl (C=O) groups is 1. The van der Waals surface area contributed by atoms with E-state index >= 15 is 0 Å². The maximum absolute atomic E-state index is 12.0. The molecule has 0 radical (unpaired) electrons. The molecule has 0 bridgehead atoms. The fourth-order valence-corrected chi connectivity index (χ4v) is 5.60. The number of nitrogens with zero attached hydrogens (tertiary/aromatic N) is 2. The normalized spacial score (nSPS) is 18.7. The first-order valence-electron chi connectivity index (χ1n) is 13.2. The molecule has 2 aromatic heterocycles. The van der Waals surface area contributed by atoms with Crippen LogP contribution < -0.4 is 5.32 Å². The first kappa shape index (κ1) is 24.7. The molecule has 34 heavy (non-hydrogen) atoms. The number of hydrogen-bond donors (Lipinski definition) is 1. The van der Waals surface area contributed by atoms with Crippen LogP contribution in [0.4, 0.5) is 4.79 Å². The summed E-state index contributed by atoms with van der Waals surface area (Å²) in [7, 11) is 0. The minimum Gasteiger partial charge on any atom is -0.444 e. The molecule has 2 aliphatic rings. The molecule has 5 nitrogen and oxygen atoms in total. The van der Waals surface area contributed by atoms with Crippen molar-refractivity contribution >= 4 is 6.09 Å². The van der Waals surface area contributed by atoms with Crippen molar-refractivity contribution in [3.63, 3.8) is 0 Å². The summed E-state index contributed by atoms with van der Waals surface area (Å²) in [6.07, 6.45) is 17.0. The first-order chi connectivity index (χ1) is 16.3. The van der Waals surface area contributed by atoms with E-state index in [2.05, 4.69) is 30.6 Å². The molecule has 184 valence electrons. The Kier molecular flexibility index (Phi) is 7.59. The van der Waals surface area contributed by atoms with Gasteiger partial charge < -0.3 is 10.1 Å². The van der Waals surface area contributed by atoms with E-state index in [-0.39, 0.29) is 5.41 Å². The van der Waals surface area contributed by atoms with Crippen molar-refractivity contribution in [2.24, 2.45) is 0 Å². The number of amides is 1. The second-order valence-electron chi connectivity index (χ2n) is 11.2. The van der Waals surface area contributed by atoms with Gasteiger partial charge in [0.15, 0.2) is 0 Å². The zero-order valence-electron chi connectivity index (χ0n) is 21.5. The number of carbonyl (C=O) groups excluding carboxylic acids is 1. The van der Waals surface area contributed by atoms with Gasteiger partial charge in [-0.05, 0) is 81.5 Å². The van der Waals surface area contributed by atoms with E-state index in [1.807, 2.05) is 27.0 Å². The van der Waals surface area contributed by atoms with Crippen molar-refractivity contribution in [1.82, 2.24) is 15.3 Å². The highest BCUT2D eigenvalue weighted by molar-refractivity contribution is 5.67. The lowest BCUT2D eigenvalue weighted by atomic mass is 9.82. The number of fused-ring (bicyclic) bond motifs is 4. The number of hydrogen-bond acceptors (Lipinski definition) is 4. The summed E-state index contributed by atoms with van der Waals surface area (Å²) in [5.74, 6) is 0. The maximum atomic E-state index is 12.0. The molecule has 0 saturated heterocycles. The number of alkyl carbamates (subject to hydrolysis) is 1. The fraction of sp³-hybridized carbons (Fsp3) is 0.621. The smallest absolute Gasteiger partial charge is 0.407 e. The van der Waals surface area contributed by atoms with Crippen LogP contribution in [0.2, 0.25) is 0 Å². The molecule has 4 rings (SSSR count). The van der Waals surface area contributed by atoms with Crippen LogP contribution >= 0.6 is 0 Å². The quantitative estimate of drug-likeness (QED) is 0.427. The van der Waals surface area contributed by atoms with Gasteiger partial charge in [0.05, 0.1) is 16.8 Å². The summed E-state index contributed by atoms with van der Waals surface area (Å²) in [5.41, 5.74) is 7.06. The lowest BCUT2D eigenvalue weighted by Crippen LogP contribution is -2.32. The minimum absolute atomic E-state index is 0.0273. The molecule has 1 spiro atoms. The SMILES string of the molecule is CCCCCCCCc1cnc2c(c1)CC[C@@]21CCc2cc(CNC(=O)OC(C)(C)C)cnc21. The number of aryl methyl sites for hydroxylation is 3. The molecule has 5 heteroatoms. The van der Waals surface area contributed by atoms with E-state index in [0.717, 1.165) is 37.7 Å². The summed E-state index contributed by atoms with van der Waals surface area (Å²) >= 11 is 0. The third-order valence-electron chi connectivity index (χ3n) is 7.25. The molecule has 1 amide bonds. The highest BCUT2D eigenvalue weighted by atomic mass is 16.6. The Morgan fingerprint density at radius 3 is 2.18 bits per heavy atom. The average molecular weight is 464 g/mol. The zero-order valence-corrected chi connectivity index (χ0v) is 21.5. The summed E-state index contributed by atoms with van der Waals surface area (Å²) in [6.45, 7) is 8.30. The number of rotatable bonds is 9. The second-order valence-corrected chi connectivity index (χ2v) is 11.2.